The third-order valence-electron chi connectivity index (χ3n) is 4.29. The van der Waals surface area contributed by atoms with Gasteiger partial charge in [0.1, 0.15) is 5.82 Å². The number of hydrogen-bond acceptors (Lipinski definition) is 1. The van der Waals surface area contributed by atoms with Gasteiger partial charge < -0.3 is 0 Å². The number of nitrogens with zero attached hydrogens (tertiary/aromatic N) is 2. The van der Waals surface area contributed by atoms with Crippen molar-refractivity contribution in [2.75, 3.05) is 0 Å². The normalized spacial score (nSPS) is 11.8. The summed E-state index contributed by atoms with van der Waals surface area (Å²) in [7, 11) is 0. The zero-order chi connectivity index (χ0) is 15.9. The van der Waals surface area contributed by atoms with Crippen LogP contribution in [0, 0.1) is 6.92 Å². The zero-order valence-corrected chi connectivity index (χ0v) is 14.1. The molecule has 0 N–H and O–H groups in total. The molecule has 0 atom stereocenters. The van der Waals surface area contributed by atoms with Gasteiger partial charge in [0.2, 0.25) is 0 Å². The molecule has 0 saturated heterocycles. The molecule has 0 unspecified atom stereocenters. The van der Waals surface area contributed by atoms with E-state index in [1.165, 1.54) is 22.3 Å². The monoisotopic (exact) mass is 292 g/mol. The second kappa shape index (κ2) is 5.60. The maximum Gasteiger partial charge on any atom is 0.111 e. The first-order valence-electron chi connectivity index (χ1n) is 8.08. The maximum absolute atomic E-state index is 4.75. The van der Waals surface area contributed by atoms with Gasteiger partial charge in [-0.25, -0.2) is 4.98 Å². The Morgan fingerprint density at radius 2 is 1.41 bits per heavy atom. The summed E-state index contributed by atoms with van der Waals surface area (Å²) in [5.74, 6) is 2.01. The molecule has 0 spiro atoms. The van der Waals surface area contributed by atoms with Crippen LogP contribution in [0.2, 0.25) is 0 Å². The quantitative estimate of drug-likeness (QED) is 0.616. The van der Waals surface area contributed by atoms with Crippen molar-refractivity contribution in [2.24, 2.45) is 0 Å². The molecule has 22 heavy (non-hydrogen) atoms. The molecule has 0 aliphatic rings. The van der Waals surface area contributed by atoms with Crippen molar-refractivity contribution in [3.8, 4) is 5.69 Å². The van der Waals surface area contributed by atoms with E-state index in [0.29, 0.717) is 11.8 Å². The average Bonchev–Trinajstić information content (AvgIpc) is 2.81. The summed E-state index contributed by atoms with van der Waals surface area (Å²) in [5, 5.41) is 0. The third-order valence-corrected chi connectivity index (χ3v) is 4.29. The minimum absolute atomic E-state index is 0.481. The van der Waals surface area contributed by atoms with Gasteiger partial charge in [-0.3, -0.25) is 4.57 Å². The second-order valence-corrected chi connectivity index (χ2v) is 6.58. The summed E-state index contributed by atoms with van der Waals surface area (Å²) >= 11 is 0. The summed E-state index contributed by atoms with van der Waals surface area (Å²) in [6, 6.07) is 15.1. The molecule has 1 heterocycles. The highest BCUT2D eigenvalue weighted by atomic mass is 15.1. The summed E-state index contributed by atoms with van der Waals surface area (Å²) in [6.45, 7) is 11.1. The van der Waals surface area contributed by atoms with E-state index >= 15 is 0 Å². The van der Waals surface area contributed by atoms with Crippen LogP contribution in [-0.4, -0.2) is 9.55 Å². The number of fused-ring (bicyclic) bond motifs is 1. The van der Waals surface area contributed by atoms with Gasteiger partial charge in [0.25, 0.3) is 0 Å². The third kappa shape index (κ3) is 2.33. The van der Waals surface area contributed by atoms with Crippen LogP contribution in [0.5, 0.6) is 0 Å². The number of aromatic nitrogens is 2. The lowest BCUT2D eigenvalue weighted by Crippen LogP contribution is -2.08. The molecule has 0 fully saturated rings. The van der Waals surface area contributed by atoms with Crippen LogP contribution in [0.4, 0.5) is 0 Å². The van der Waals surface area contributed by atoms with Crippen molar-refractivity contribution in [3.63, 3.8) is 0 Å². The minimum Gasteiger partial charge on any atom is -0.296 e. The Labute approximate surface area is 132 Å². The van der Waals surface area contributed by atoms with Gasteiger partial charge in [-0.1, -0.05) is 58.0 Å². The molecule has 0 aliphatic carbocycles. The Morgan fingerprint density at radius 3 is 2.00 bits per heavy atom. The number of hydrogen-bond donors (Lipinski definition) is 0. The van der Waals surface area contributed by atoms with Crippen molar-refractivity contribution in [1.82, 2.24) is 9.55 Å². The van der Waals surface area contributed by atoms with Crippen LogP contribution in [0.15, 0.2) is 42.5 Å². The Bertz CT molecular complexity index is 783. The van der Waals surface area contributed by atoms with E-state index in [4.69, 9.17) is 4.98 Å². The van der Waals surface area contributed by atoms with E-state index in [0.717, 1.165) is 11.3 Å². The van der Waals surface area contributed by atoms with Gasteiger partial charge >= 0.3 is 0 Å². The van der Waals surface area contributed by atoms with Crippen LogP contribution in [0.25, 0.3) is 16.7 Å². The number of imidazole rings is 1. The Hall–Kier alpha value is -2.09. The molecule has 3 rings (SSSR count). The lowest BCUT2D eigenvalue weighted by atomic mass is 9.92. The molecule has 2 heteroatoms. The lowest BCUT2D eigenvalue weighted by molar-refractivity contribution is 0.802. The number of para-hydroxylation sites is 3. The number of benzene rings is 2. The van der Waals surface area contributed by atoms with Crippen molar-refractivity contribution in [3.05, 3.63) is 59.4 Å². The fourth-order valence-electron chi connectivity index (χ4n) is 3.20. The van der Waals surface area contributed by atoms with Gasteiger partial charge in [0.15, 0.2) is 0 Å². The molecule has 3 aromatic rings. The highest BCUT2D eigenvalue weighted by Crippen LogP contribution is 2.34. The fourth-order valence-corrected chi connectivity index (χ4v) is 3.20. The molecule has 0 amide bonds. The molecule has 0 radical (unpaired) electrons. The molecular weight excluding hydrogens is 268 g/mol. The largest absolute Gasteiger partial charge is 0.296 e. The van der Waals surface area contributed by atoms with E-state index in [1.807, 2.05) is 0 Å². The first-order valence-corrected chi connectivity index (χ1v) is 8.08. The molecule has 0 saturated carbocycles. The van der Waals surface area contributed by atoms with E-state index in [2.05, 4.69) is 81.7 Å². The molecule has 1 aromatic heterocycles. The standard InChI is InChI=1S/C20H24N2/c1-13(2)16-9-8-10-17(14(3)4)20(16)22-15(5)21-18-11-6-7-12-19(18)22/h6-14H,1-5H3. The first-order chi connectivity index (χ1) is 10.5. The summed E-state index contributed by atoms with van der Waals surface area (Å²) in [6.07, 6.45) is 0. The van der Waals surface area contributed by atoms with Crippen LogP contribution in [0.3, 0.4) is 0 Å². The molecule has 0 bridgehead atoms. The van der Waals surface area contributed by atoms with Crippen molar-refractivity contribution >= 4 is 11.0 Å². The van der Waals surface area contributed by atoms with Gasteiger partial charge in [0.05, 0.1) is 16.7 Å². The minimum atomic E-state index is 0.481. The van der Waals surface area contributed by atoms with E-state index in [9.17, 15) is 0 Å². The van der Waals surface area contributed by atoms with Crippen molar-refractivity contribution in [2.45, 2.75) is 46.5 Å². The number of rotatable bonds is 3. The van der Waals surface area contributed by atoms with Crippen molar-refractivity contribution < 1.29 is 0 Å². The highest BCUT2D eigenvalue weighted by molar-refractivity contribution is 5.79. The average molecular weight is 292 g/mol. The van der Waals surface area contributed by atoms with Crippen LogP contribution < -0.4 is 0 Å². The summed E-state index contributed by atoms with van der Waals surface area (Å²) < 4.78 is 2.33. The SMILES string of the molecule is Cc1nc2ccccc2n1-c1c(C(C)C)cccc1C(C)C. The first kappa shape index (κ1) is 14.8. The fraction of sp³-hybridized carbons (Fsp3) is 0.350. The second-order valence-electron chi connectivity index (χ2n) is 6.58. The molecular formula is C20H24N2. The van der Waals surface area contributed by atoms with Crippen molar-refractivity contribution in [1.29, 1.82) is 0 Å². The number of aryl methyl sites for hydroxylation is 1. The lowest BCUT2D eigenvalue weighted by Gasteiger charge is -2.21. The van der Waals surface area contributed by atoms with Gasteiger partial charge in [-0.2, -0.15) is 0 Å². The van der Waals surface area contributed by atoms with E-state index < -0.39 is 0 Å². The van der Waals surface area contributed by atoms with Crippen LogP contribution in [0.1, 0.15) is 56.5 Å². The smallest absolute Gasteiger partial charge is 0.111 e. The van der Waals surface area contributed by atoms with Crippen LogP contribution in [-0.2, 0) is 0 Å². The maximum atomic E-state index is 4.75. The highest BCUT2D eigenvalue weighted by Gasteiger charge is 2.19. The zero-order valence-electron chi connectivity index (χ0n) is 14.1. The Kier molecular flexibility index (Phi) is 3.78. The predicted molar refractivity (Wildman–Crippen MR) is 94.0 cm³/mol. The Balaban J connectivity index is 2.41. The van der Waals surface area contributed by atoms with E-state index in [-0.39, 0.29) is 0 Å². The van der Waals surface area contributed by atoms with Gasteiger partial charge in [-0.05, 0) is 42.0 Å². The molecule has 0 aliphatic heterocycles. The van der Waals surface area contributed by atoms with E-state index in [1.54, 1.807) is 0 Å². The predicted octanol–water partition coefficient (Wildman–Crippen LogP) is 5.58. The molecule has 114 valence electrons. The topological polar surface area (TPSA) is 17.8 Å². The van der Waals surface area contributed by atoms with Gasteiger partial charge in [-0.15, -0.1) is 0 Å². The summed E-state index contributed by atoms with van der Waals surface area (Å²) in [4.78, 5) is 4.75. The molecule has 2 nitrogen and oxygen atoms in total. The Morgan fingerprint density at radius 1 is 0.818 bits per heavy atom. The molecule has 2 aromatic carbocycles. The van der Waals surface area contributed by atoms with Gasteiger partial charge in [0, 0.05) is 0 Å². The summed E-state index contributed by atoms with van der Waals surface area (Å²) in [5.41, 5.74) is 6.34. The van der Waals surface area contributed by atoms with Crippen LogP contribution >= 0.6 is 0 Å².